The van der Waals surface area contributed by atoms with Crippen LogP contribution in [-0.2, 0) is 9.59 Å². The van der Waals surface area contributed by atoms with Crippen LogP contribution in [0.5, 0.6) is 5.75 Å². The van der Waals surface area contributed by atoms with Gasteiger partial charge in [-0.25, -0.2) is 4.99 Å². The zero-order valence-corrected chi connectivity index (χ0v) is 10.7. The summed E-state index contributed by atoms with van der Waals surface area (Å²) in [5, 5.41) is 9.22. The molecule has 19 heavy (non-hydrogen) atoms. The van der Waals surface area contributed by atoms with E-state index in [-0.39, 0.29) is 17.4 Å². The molecule has 0 saturated heterocycles. The Morgan fingerprint density at radius 2 is 2.00 bits per heavy atom. The number of amidine groups is 1. The summed E-state index contributed by atoms with van der Waals surface area (Å²) in [6.45, 7) is 1.42. The lowest BCUT2D eigenvalue weighted by Gasteiger charge is -2.16. The number of ketones is 1. The summed E-state index contributed by atoms with van der Waals surface area (Å²) in [6, 6.07) is 5.98. The van der Waals surface area contributed by atoms with E-state index >= 15 is 0 Å². The van der Waals surface area contributed by atoms with Gasteiger partial charge in [0.1, 0.15) is 18.1 Å². The zero-order valence-electron chi connectivity index (χ0n) is 10.7. The SMILES string of the molecule is CC(=O)C1=NC(=Cc2ccc(O)cc2)C(C=O)N1C. The number of Topliss-reactive ketones (excluding diaryl/α,β-unsaturated/α-hetero) is 1. The number of likely N-dealkylation sites (N-methyl/N-ethyl adjacent to an activating group) is 1. The number of phenolic OH excluding ortho intramolecular Hbond substituents is 1. The van der Waals surface area contributed by atoms with Crippen LogP contribution in [0.4, 0.5) is 0 Å². The quantitative estimate of drug-likeness (QED) is 0.828. The molecular weight excluding hydrogens is 244 g/mol. The van der Waals surface area contributed by atoms with Gasteiger partial charge in [-0.1, -0.05) is 12.1 Å². The largest absolute Gasteiger partial charge is 0.508 e. The molecule has 1 aliphatic rings. The van der Waals surface area contributed by atoms with Crippen molar-refractivity contribution in [1.82, 2.24) is 4.90 Å². The zero-order chi connectivity index (χ0) is 14.0. The van der Waals surface area contributed by atoms with Crippen molar-refractivity contribution in [2.75, 3.05) is 7.05 Å². The molecule has 0 bridgehead atoms. The first-order chi connectivity index (χ1) is 9.02. The third kappa shape index (κ3) is 2.54. The molecule has 1 atom stereocenters. The minimum Gasteiger partial charge on any atom is -0.508 e. The Balaban J connectivity index is 2.39. The van der Waals surface area contributed by atoms with E-state index in [4.69, 9.17) is 0 Å². The highest BCUT2D eigenvalue weighted by Crippen LogP contribution is 2.22. The maximum Gasteiger partial charge on any atom is 0.194 e. The Morgan fingerprint density at radius 1 is 1.37 bits per heavy atom. The van der Waals surface area contributed by atoms with E-state index in [1.54, 1.807) is 42.3 Å². The second kappa shape index (κ2) is 5.06. The van der Waals surface area contributed by atoms with Gasteiger partial charge in [-0.2, -0.15) is 0 Å². The number of hydrogen-bond donors (Lipinski definition) is 1. The number of carbonyl (C=O) groups excluding carboxylic acids is 2. The molecule has 0 radical (unpaired) electrons. The Morgan fingerprint density at radius 3 is 2.53 bits per heavy atom. The molecule has 1 aromatic carbocycles. The van der Waals surface area contributed by atoms with Gasteiger partial charge in [0.25, 0.3) is 0 Å². The molecule has 2 rings (SSSR count). The molecule has 0 spiro atoms. The van der Waals surface area contributed by atoms with E-state index in [9.17, 15) is 14.7 Å². The van der Waals surface area contributed by atoms with Crippen LogP contribution in [0.1, 0.15) is 12.5 Å². The standard InChI is InChI=1S/C14H14N2O3/c1-9(18)14-15-12(13(8-17)16(14)2)7-10-3-5-11(19)6-4-10/h3-8,13,19H,1-2H3. The number of rotatable bonds is 3. The van der Waals surface area contributed by atoms with Crippen molar-refractivity contribution in [3.05, 3.63) is 35.5 Å². The number of phenols is 1. The minimum atomic E-state index is -0.548. The van der Waals surface area contributed by atoms with E-state index in [2.05, 4.69) is 4.99 Å². The third-order valence-electron chi connectivity index (χ3n) is 2.94. The lowest BCUT2D eigenvalue weighted by atomic mass is 10.1. The van der Waals surface area contributed by atoms with Crippen LogP contribution < -0.4 is 0 Å². The Labute approximate surface area is 110 Å². The summed E-state index contributed by atoms with van der Waals surface area (Å²) < 4.78 is 0. The molecular formula is C14H14N2O3. The highest BCUT2D eigenvalue weighted by Gasteiger charge is 2.30. The fraction of sp³-hybridized carbons (Fsp3) is 0.214. The van der Waals surface area contributed by atoms with E-state index in [0.29, 0.717) is 5.70 Å². The van der Waals surface area contributed by atoms with Crippen LogP contribution in [-0.4, -0.2) is 41.0 Å². The van der Waals surface area contributed by atoms with Gasteiger partial charge in [0.05, 0.1) is 5.70 Å². The molecule has 1 unspecified atom stereocenters. The maximum absolute atomic E-state index is 11.4. The average Bonchev–Trinajstić information content (AvgIpc) is 2.68. The molecule has 1 heterocycles. The molecule has 1 N–H and O–H groups in total. The van der Waals surface area contributed by atoms with Crippen LogP contribution in [0, 0.1) is 0 Å². The van der Waals surface area contributed by atoms with Crippen LogP contribution in [0.25, 0.3) is 6.08 Å². The fourth-order valence-corrected chi connectivity index (χ4v) is 1.94. The second-order valence-corrected chi connectivity index (χ2v) is 4.34. The summed E-state index contributed by atoms with van der Waals surface area (Å²) in [5.41, 5.74) is 1.33. The summed E-state index contributed by atoms with van der Waals surface area (Å²) in [6.07, 6.45) is 2.48. The molecule has 0 amide bonds. The molecule has 98 valence electrons. The molecule has 0 aliphatic carbocycles. The lowest BCUT2D eigenvalue weighted by molar-refractivity contribution is -0.111. The highest BCUT2D eigenvalue weighted by molar-refractivity contribution is 6.39. The van der Waals surface area contributed by atoms with Crippen molar-refractivity contribution in [3.8, 4) is 5.75 Å². The van der Waals surface area contributed by atoms with E-state index in [0.717, 1.165) is 11.8 Å². The number of aldehydes is 1. The van der Waals surface area contributed by atoms with Gasteiger partial charge < -0.3 is 14.8 Å². The normalized spacial score (nSPS) is 20.5. The summed E-state index contributed by atoms with van der Waals surface area (Å²) in [4.78, 5) is 28.3. The van der Waals surface area contributed by atoms with Crippen molar-refractivity contribution in [2.45, 2.75) is 13.0 Å². The number of hydrogen-bond acceptors (Lipinski definition) is 5. The van der Waals surface area contributed by atoms with Crippen molar-refractivity contribution in [1.29, 1.82) is 0 Å². The smallest absolute Gasteiger partial charge is 0.194 e. The van der Waals surface area contributed by atoms with Gasteiger partial charge >= 0.3 is 0 Å². The molecule has 1 aliphatic heterocycles. The van der Waals surface area contributed by atoms with Crippen LogP contribution in [0.3, 0.4) is 0 Å². The van der Waals surface area contributed by atoms with Gasteiger partial charge in [0, 0.05) is 14.0 Å². The maximum atomic E-state index is 11.4. The first kappa shape index (κ1) is 13.0. The predicted molar refractivity (Wildman–Crippen MR) is 71.8 cm³/mol. The monoisotopic (exact) mass is 258 g/mol. The number of carbonyl (C=O) groups is 2. The molecule has 0 saturated carbocycles. The summed E-state index contributed by atoms with van der Waals surface area (Å²) in [5.74, 6) is 0.274. The van der Waals surface area contributed by atoms with Crippen LogP contribution in [0.2, 0.25) is 0 Å². The second-order valence-electron chi connectivity index (χ2n) is 4.34. The summed E-state index contributed by atoms with van der Waals surface area (Å²) in [7, 11) is 1.66. The predicted octanol–water partition coefficient (Wildman–Crippen LogP) is 1.23. The Hall–Kier alpha value is -2.43. The topological polar surface area (TPSA) is 70.0 Å². The number of nitrogens with zero attached hydrogens (tertiary/aromatic N) is 2. The lowest BCUT2D eigenvalue weighted by Crippen LogP contribution is -2.36. The molecule has 0 aromatic heterocycles. The van der Waals surface area contributed by atoms with Gasteiger partial charge in [-0.15, -0.1) is 0 Å². The number of aliphatic imine (C=N–C) groups is 1. The average molecular weight is 258 g/mol. The Kier molecular flexibility index (Phi) is 3.46. The number of aromatic hydroxyl groups is 1. The summed E-state index contributed by atoms with van der Waals surface area (Å²) >= 11 is 0. The fourth-order valence-electron chi connectivity index (χ4n) is 1.94. The van der Waals surface area contributed by atoms with Gasteiger partial charge in [0.15, 0.2) is 11.6 Å². The van der Waals surface area contributed by atoms with Gasteiger partial charge in [-0.3, -0.25) is 4.79 Å². The highest BCUT2D eigenvalue weighted by atomic mass is 16.3. The van der Waals surface area contributed by atoms with E-state index in [1.807, 2.05) is 0 Å². The van der Waals surface area contributed by atoms with E-state index < -0.39 is 6.04 Å². The molecule has 1 aromatic rings. The number of benzene rings is 1. The molecule has 0 fully saturated rings. The van der Waals surface area contributed by atoms with Crippen molar-refractivity contribution in [3.63, 3.8) is 0 Å². The first-order valence-corrected chi connectivity index (χ1v) is 5.81. The van der Waals surface area contributed by atoms with Crippen molar-refractivity contribution < 1.29 is 14.7 Å². The third-order valence-corrected chi connectivity index (χ3v) is 2.94. The van der Waals surface area contributed by atoms with Gasteiger partial charge in [0.2, 0.25) is 0 Å². The van der Waals surface area contributed by atoms with E-state index in [1.165, 1.54) is 6.92 Å². The van der Waals surface area contributed by atoms with Crippen molar-refractivity contribution >= 4 is 24.0 Å². The van der Waals surface area contributed by atoms with Gasteiger partial charge in [-0.05, 0) is 23.8 Å². The van der Waals surface area contributed by atoms with Crippen molar-refractivity contribution in [2.24, 2.45) is 4.99 Å². The first-order valence-electron chi connectivity index (χ1n) is 5.81. The minimum absolute atomic E-state index is 0.172. The van der Waals surface area contributed by atoms with Crippen LogP contribution >= 0.6 is 0 Å². The molecule has 5 heteroatoms. The van der Waals surface area contributed by atoms with Crippen LogP contribution in [0.15, 0.2) is 35.0 Å². The molecule has 5 nitrogen and oxygen atoms in total. The Bertz CT molecular complexity index is 573.